The summed E-state index contributed by atoms with van der Waals surface area (Å²) in [5, 5.41) is 0. The van der Waals surface area contributed by atoms with Crippen LogP contribution in [-0.4, -0.2) is 0 Å². The lowest BCUT2D eigenvalue weighted by molar-refractivity contribution is 0.551. The highest BCUT2D eigenvalue weighted by Gasteiger charge is 2.13. The molecule has 1 aliphatic rings. The molecule has 0 aromatic carbocycles. The minimum absolute atomic E-state index is 0.812. The molecule has 0 aliphatic heterocycles. The van der Waals surface area contributed by atoms with E-state index in [0.29, 0.717) is 0 Å². The second kappa shape index (κ2) is 8.49. The van der Waals surface area contributed by atoms with E-state index in [1.54, 1.807) is 22.3 Å². The SMILES string of the molecule is CCC(C)C/C(C)=C1\C=CC/C(=C(/C)CC(C)CC)C1. The van der Waals surface area contributed by atoms with Crippen molar-refractivity contribution in [2.24, 2.45) is 11.8 Å². The Morgan fingerprint density at radius 1 is 1.00 bits per heavy atom. The molecule has 2 unspecified atom stereocenters. The normalized spacial score (nSPS) is 23.5. The average molecular weight is 274 g/mol. The van der Waals surface area contributed by atoms with Gasteiger partial charge in [-0.2, -0.15) is 0 Å². The van der Waals surface area contributed by atoms with Gasteiger partial charge in [0.1, 0.15) is 0 Å². The number of hydrogen-bond donors (Lipinski definition) is 0. The van der Waals surface area contributed by atoms with E-state index in [0.717, 1.165) is 11.8 Å². The third-order valence-corrected chi connectivity index (χ3v) is 4.94. The van der Waals surface area contributed by atoms with Crippen molar-refractivity contribution in [2.75, 3.05) is 0 Å². The fourth-order valence-electron chi connectivity index (χ4n) is 2.93. The van der Waals surface area contributed by atoms with Crippen molar-refractivity contribution in [1.82, 2.24) is 0 Å². The lowest BCUT2D eigenvalue weighted by Crippen LogP contribution is -2.02. The third kappa shape index (κ3) is 5.31. The molecular weight excluding hydrogens is 240 g/mol. The summed E-state index contributed by atoms with van der Waals surface area (Å²) in [6.07, 6.45) is 12.2. The largest absolute Gasteiger partial charge is 0.0802 e. The Kier molecular flexibility index (Phi) is 7.34. The molecule has 0 N–H and O–H groups in total. The van der Waals surface area contributed by atoms with Crippen molar-refractivity contribution >= 4 is 0 Å². The van der Waals surface area contributed by atoms with Crippen LogP contribution in [0.5, 0.6) is 0 Å². The zero-order valence-electron chi connectivity index (χ0n) is 14.6. The van der Waals surface area contributed by atoms with Crippen LogP contribution in [0.15, 0.2) is 34.4 Å². The lowest BCUT2D eigenvalue weighted by atomic mass is 9.85. The summed E-state index contributed by atoms with van der Waals surface area (Å²) < 4.78 is 0. The highest BCUT2D eigenvalue weighted by molar-refractivity contribution is 5.36. The maximum atomic E-state index is 2.37. The van der Waals surface area contributed by atoms with Crippen LogP contribution in [0.1, 0.15) is 80.1 Å². The first-order valence-electron chi connectivity index (χ1n) is 8.50. The monoisotopic (exact) mass is 274 g/mol. The highest BCUT2D eigenvalue weighted by atomic mass is 14.2. The molecule has 1 rings (SSSR count). The molecule has 0 radical (unpaired) electrons. The Bertz CT molecular complexity index is 392. The predicted octanol–water partition coefficient (Wildman–Crippen LogP) is 6.84. The van der Waals surface area contributed by atoms with E-state index < -0.39 is 0 Å². The van der Waals surface area contributed by atoms with Gasteiger partial charge in [-0.3, -0.25) is 0 Å². The Morgan fingerprint density at radius 2 is 1.55 bits per heavy atom. The van der Waals surface area contributed by atoms with E-state index in [1.807, 2.05) is 0 Å². The molecule has 114 valence electrons. The van der Waals surface area contributed by atoms with Gasteiger partial charge in [0.05, 0.1) is 0 Å². The van der Waals surface area contributed by atoms with Gasteiger partial charge in [0.2, 0.25) is 0 Å². The second-order valence-electron chi connectivity index (χ2n) is 6.91. The van der Waals surface area contributed by atoms with Gasteiger partial charge in [-0.1, -0.05) is 69.4 Å². The summed E-state index contributed by atoms with van der Waals surface area (Å²) >= 11 is 0. The number of allylic oxidation sites excluding steroid dienone is 6. The first kappa shape index (κ1) is 17.3. The van der Waals surface area contributed by atoms with E-state index in [9.17, 15) is 0 Å². The molecule has 1 aliphatic carbocycles. The van der Waals surface area contributed by atoms with Crippen molar-refractivity contribution in [1.29, 1.82) is 0 Å². The van der Waals surface area contributed by atoms with Gasteiger partial charge in [-0.05, 0) is 56.9 Å². The number of rotatable bonds is 6. The zero-order chi connectivity index (χ0) is 15.1. The zero-order valence-corrected chi connectivity index (χ0v) is 14.6. The molecule has 0 fully saturated rings. The van der Waals surface area contributed by atoms with Crippen LogP contribution in [0, 0.1) is 11.8 Å². The minimum atomic E-state index is 0.812. The molecule has 0 aromatic heterocycles. The molecule has 0 bridgehead atoms. The van der Waals surface area contributed by atoms with Crippen LogP contribution >= 0.6 is 0 Å². The van der Waals surface area contributed by atoms with Gasteiger partial charge in [-0.25, -0.2) is 0 Å². The maximum Gasteiger partial charge on any atom is -0.00621 e. The molecule has 0 saturated heterocycles. The quantitative estimate of drug-likeness (QED) is 0.465. The first-order valence-corrected chi connectivity index (χ1v) is 8.50. The fraction of sp³-hybridized carbons (Fsp3) is 0.700. The average Bonchev–Trinajstić information content (AvgIpc) is 2.46. The predicted molar refractivity (Wildman–Crippen MR) is 91.9 cm³/mol. The molecular formula is C20H34. The summed E-state index contributed by atoms with van der Waals surface area (Å²) in [5.74, 6) is 1.63. The van der Waals surface area contributed by atoms with E-state index >= 15 is 0 Å². The highest BCUT2D eigenvalue weighted by Crippen LogP contribution is 2.31. The molecule has 0 saturated carbocycles. The summed E-state index contributed by atoms with van der Waals surface area (Å²) in [7, 11) is 0. The van der Waals surface area contributed by atoms with E-state index in [4.69, 9.17) is 0 Å². The van der Waals surface area contributed by atoms with Gasteiger partial charge in [-0.15, -0.1) is 0 Å². The van der Waals surface area contributed by atoms with Crippen LogP contribution in [-0.2, 0) is 0 Å². The first-order chi connectivity index (χ1) is 9.47. The van der Waals surface area contributed by atoms with Crippen molar-refractivity contribution in [3.05, 3.63) is 34.4 Å². The molecule has 0 nitrogen and oxygen atoms in total. The summed E-state index contributed by atoms with van der Waals surface area (Å²) in [6, 6.07) is 0. The van der Waals surface area contributed by atoms with E-state index in [2.05, 4.69) is 53.7 Å². The Labute approximate surface area is 127 Å². The van der Waals surface area contributed by atoms with Crippen LogP contribution in [0.25, 0.3) is 0 Å². The van der Waals surface area contributed by atoms with Gasteiger partial charge in [0, 0.05) is 0 Å². The molecule has 0 spiro atoms. The fourth-order valence-corrected chi connectivity index (χ4v) is 2.93. The second-order valence-corrected chi connectivity index (χ2v) is 6.91. The summed E-state index contributed by atoms with van der Waals surface area (Å²) in [4.78, 5) is 0. The summed E-state index contributed by atoms with van der Waals surface area (Å²) in [6.45, 7) is 14.0. The molecule has 0 aromatic rings. The maximum absolute atomic E-state index is 2.37. The summed E-state index contributed by atoms with van der Waals surface area (Å²) in [5.41, 5.74) is 6.49. The molecule has 0 heteroatoms. The lowest BCUT2D eigenvalue weighted by Gasteiger charge is -2.20. The van der Waals surface area contributed by atoms with Crippen molar-refractivity contribution in [2.45, 2.75) is 80.1 Å². The van der Waals surface area contributed by atoms with E-state index in [1.165, 1.54) is 38.5 Å². The topological polar surface area (TPSA) is 0 Å². The van der Waals surface area contributed by atoms with E-state index in [-0.39, 0.29) is 0 Å². The van der Waals surface area contributed by atoms with Gasteiger partial charge < -0.3 is 0 Å². The van der Waals surface area contributed by atoms with Crippen LogP contribution in [0.2, 0.25) is 0 Å². The molecule has 0 heterocycles. The van der Waals surface area contributed by atoms with Gasteiger partial charge in [0.25, 0.3) is 0 Å². The number of hydrogen-bond acceptors (Lipinski definition) is 0. The van der Waals surface area contributed by atoms with Crippen molar-refractivity contribution in [3.8, 4) is 0 Å². The van der Waals surface area contributed by atoms with Crippen LogP contribution < -0.4 is 0 Å². The minimum Gasteiger partial charge on any atom is -0.0802 e. The van der Waals surface area contributed by atoms with Crippen molar-refractivity contribution < 1.29 is 0 Å². The van der Waals surface area contributed by atoms with Gasteiger partial charge >= 0.3 is 0 Å². The standard InChI is InChI=1S/C20H34/c1-7-15(3)12-17(5)19-10-9-11-20(14-19)18(6)13-16(4)8-2/h9-10,15-16H,7-8,11-14H2,1-6H3/b19-17+,20-18+. The molecule has 2 atom stereocenters. The van der Waals surface area contributed by atoms with Gasteiger partial charge in [0.15, 0.2) is 0 Å². The molecule has 0 amide bonds. The Balaban J connectivity index is 2.80. The smallest absolute Gasteiger partial charge is 0.00621 e. The third-order valence-electron chi connectivity index (χ3n) is 4.94. The Morgan fingerprint density at radius 3 is 2.10 bits per heavy atom. The molecule has 20 heavy (non-hydrogen) atoms. The Hall–Kier alpha value is -0.780. The van der Waals surface area contributed by atoms with Crippen LogP contribution in [0.3, 0.4) is 0 Å². The van der Waals surface area contributed by atoms with Crippen molar-refractivity contribution in [3.63, 3.8) is 0 Å². The van der Waals surface area contributed by atoms with Crippen LogP contribution in [0.4, 0.5) is 0 Å².